The third kappa shape index (κ3) is 2.85. The van der Waals surface area contributed by atoms with Crippen molar-refractivity contribution in [3.05, 3.63) is 24.4 Å². The van der Waals surface area contributed by atoms with E-state index in [-0.39, 0.29) is 37.0 Å². The van der Waals surface area contributed by atoms with Crippen LogP contribution in [0.15, 0.2) is 24.4 Å². The van der Waals surface area contributed by atoms with Crippen LogP contribution >= 0.6 is 0 Å². The van der Waals surface area contributed by atoms with Crippen molar-refractivity contribution in [3.8, 4) is 5.88 Å². The van der Waals surface area contributed by atoms with Gasteiger partial charge in [-0.3, -0.25) is 4.79 Å². The Morgan fingerprint density at radius 2 is 2.21 bits per heavy atom. The normalized spacial score (nSPS) is 32.1. The molecule has 3 heterocycles. The number of rotatable bonds is 3. The molecule has 1 aliphatic carbocycles. The summed E-state index contributed by atoms with van der Waals surface area (Å²) in [7, 11) is 0. The molecule has 3 aliphatic rings. The highest BCUT2D eigenvalue weighted by atomic mass is 19.3. The number of aromatic nitrogens is 1. The first-order chi connectivity index (χ1) is 11.5. The average Bonchev–Trinajstić information content (AvgIpc) is 2.92. The smallest absolute Gasteiger partial charge is 0.249 e. The summed E-state index contributed by atoms with van der Waals surface area (Å²) in [5, 5.41) is 0. The fourth-order valence-electron chi connectivity index (χ4n) is 3.91. The van der Waals surface area contributed by atoms with E-state index in [1.54, 1.807) is 23.2 Å². The van der Waals surface area contributed by atoms with E-state index in [0.717, 1.165) is 12.8 Å². The fourth-order valence-corrected chi connectivity index (χ4v) is 3.91. The predicted molar refractivity (Wildman–Crippen MR) is 80.8 cm³/mol. The standard InChI is InChI=1S/C17H20F2N2O3/c18-17(19)8-11(9-17)16(22)21-10-13(15-12(21)4-3-7-23-15)24-14-5-1-2-6-20-14/h1-2,5-6,11-13,15H,3-4,7-10H2/t12-,13+,15+/m1/s1. The van der Waals surface area contributed by atoms with Crippen molar-refractivity contribution in [2.45, 2.75) is 49.9 Å². The minimum atomic E-state index is -2.69. The van der Waals surface area contributed by atoms with Crippen molar-refractivity contribution in [2.24, 2.45) is 5.92 Å². The average molecular weight is 338 g/mol. The van der Waals surface area contributed by atoms with Crippen molar-refractivity contribution < 1.29 is 23.0 Å². The Bertz CT molecular complexity index is 605. The molecule has 3 fully saturated rings. The van der Waals surface area contributed by atoms with Gasteiger partial charge in [0.1, 0.15) is 12.2 Å². The van der Waals surface area contributed by atoms with Gasteiger partial charge in [-0.15, -0.1) is 0 Å². The quantitative estimate of drug-likeness (QED) is 0.848. The summed E-state index contributed by atoms with van der Waals surface area (Å²) in [5.41, 5.74) is 0. The molecule has 130 valence electrons. The van der Waals surface area contributed by atoms with Crippen LogP contribution in [-0.2, 0) is 9.53 Å². The van der Waals surface area contributed by atoms with Crippen LogP contribution in [0.4, 0.5) is 8.78 Å². The molecule has 4 rings (SSSR count). The highest BCUT2D eigenvalue weighted by Gasteiger charge is 2.54. The summed E-state index contributed by atoms with van der Waals surface area (Å²) < 4.78 is 38.0. The maximum absolute atomic E-state index is 13.1. The van der Waals surface area contributed by atoms with Gasteiger partial charge in [-0.2, -0.15) is 0 Å². The van der Waals surface area contributed by atoms with E-state index in [0.29, 0.717) is 19.0 Å². The van der Waals surface area contributed by atoms with Crippen LogP contribution in [0.2, 0.25) is 0 Å². The first kappa shape index (κ1) is 15.7. The molecule has 0 unspecified atom stereocenters. The molecule has 1 amide bonds. The first-order valence-corrected chi connectivity index (χ1v) is 8.41. The second-order valence-electron chi connectivity index (χ2n) is 6.82. The number of likely N-dealkylation sites (tertiary alicyclic amines) is 1. The number of alkyl halides is 2. The third-order valence-electron chi connectivity index (χ3n) is 5.11. The number of halogens is 2. The predicted octanol–water partition coefficient (Wildman–Crippen LogP) is 2.26. The molecule has 3 atom stereocenters. The highest BCUT2D eigenvalue weighted by molar-refractivity contribution is 5.81. The van der Waals surface area contributed by atoms with Crippen LogP contribution in [0.3, 0.4) is 0 Å². The van der Waals surface area contributed by atoms with Crippen LogP contribution in [0.25, 0.3) is 0 Å². The number of fused-ring (bicyclic) bond motifs is 1. The lowest BCUT2D eigenvalue weighted by Crippen LogP contribution is -2.50. The van der Waals surface area contributed by atoms with Gasteiger partial charge in [0, 0.05) is 37.6 Å². The molecule has 0 spiro atoms. The lowest BCUT2D eigenvalue weighted by Gasteiger charge is -2.39. The zero-order valence-electron chi connectivity index (χ0n) is 13.2. The number of ether oxygens (including phenoxy) is 2. The minimum Gasteiger partial charge on any atom is -0.470 e. The van der Waals surface area contributed by atoms with Gasteiger partial charge < -0.3 is 14.4 Å². The van der Waals surface area contributed by atoms with Gasteiger partial charge in [0.15, 0.2) is 0 Å². The largest absolute Gasteiger partial charge is 0.470 e. The van der Waals surface area contributed by atoms with Gasteiger partial charge in [-0.05, 0) is 18.9 Å². The van der Waals surface area contributed by atoms with E-state index in [4.69, 9.17) is 9.47 Å². The summed E-state index contributed by atoms with van der Waals surface area (Å²) in [6.07, 6.45) is 2.12. The molecule has 2 aliphatic heterocycles. The van der Waals surface area contributed by atoms with Crippen molar-refractivity contribution in [1.29, 1.82) is 0 Å². The number of pyridine rings is 1. The van der Waals surface area contributed by atoms with Crippen LogP contribution in [0.1, 0.15) is 25.7 Å². The molecule has 24 heavy (non-hydrogen) atoms. The summed E-state index contributed by atoms with van der Waals surface area (Å²) in [5.74, 6) is -2.96. The van der Waals surface area contributed by atoms with Gasteiger partial charge in [-0.25, -0.2) is 13.8 Å². The topological polar surface area (TPSA) is 51.7 Å². The molecule has 0 aromatic carbocycles. The Hall–Kier alpha value is -1.76. The van der Waals surface area contributed by atoms with Gasteiger partial charge in [0.25, 0.3) is 0 Å². The summed E-state index contributed by atoms with van der Waals surface area (Å²) in [4.78, 5) is 18.5. The van der Waals surface area contributed by atoms with E-state index < -0.39 is 11.8 Å². The molecule has 2 saturated heterocycles. The van der Waals surface area contributed by atoms with Gasteiger partial charge >= 0.3 is 0 Å². The second-order valence-corrected chi connectivity index (χ2v) is 6.82. The Morgan fingerprint density at radius 1 is 1.38 bits per heavy atom. The molecular formula is C17H20F2N2O3. The number of amides is 1. The van der Waals surface area contributed by atoms with Gasteiger partial charge in [0.2, 0.25) is 17.7 Å². The maximum Gasteiger partial charge on any atom is 0.249 e. The van der Waals surface area contributed by atoms with E-state index >= 15 is 0 Å². The minimum absolute atomic E-state index is 0.0887. The zero-order chi connectivity index (χ0) is 16.7. The van der Waals surface area contributed by atoms with E-state index in [9.17, 15) is 13.6 Å². The summed E-state index contributed by atoms with van der Waals surface area (Å²) in [6, 6.07) is 5.30. The molecule has 0 N–H and O–H groups in total. The number of carbonyl (C=O) groups excluding carboxylic acids is 1. The maximum atomic E-state index is 13.1. The Kier molecular flexibility index (Phi) is 3.90. The highest BCUT2D eigenvalue weighted by Crippen LogP contribution is 2.44. The van der Waals surface area contributed by atoms with Crippen molar-refractivity contribution in [2.75, 3.05) is 13.2 Å². The second kappa shape index (κ2) is 5.95. The number of hydrogen-bond donors (Lipinski definition) is 0. The monoisotopic (exact) mass is 338 g/mol. The first-order valence-electron chi connectivity index (χ1n) is 8.41. The van der Waals surface area contributed by atoms with Crippen LogP contribution in [0.5, 0.6) is 5.88 Å². The zero-order valence-corrected chi connectivity index (χ0v) is 13.2. The number of hydrogen-bond acceptors (Lipinski definition) is 4. The fraction of sp³-hybridized carbons (Fsp3) is 0.647. The van der Waals surface area contributed by atoms with Crippen LogP contribution < -0.4 is 4.74 Å². The van der Waals surface area contributed by atoms with E-state index in [2.05, 4.69) is 4.98 Å². The van der Waals surface area contributed by atoms with Gasteiger partial charge in [-0.1, -0.05) is 6.07 Å². The Morgan fingerprint density at radius 3 is 2.92 bits per heavy atom. The summed E-state index contributed by atoms with van der Waals surface area (Å²) in [6.45, 7) is 1.000. The van der Waals surface area contributed by atoms with E-state index in [1.807, 2.05) is 6.07 Å². The van der Waals surface area contributed by atoms with Crippen molar-refractivity contribution in [3.63, 3.8) is 0 Å². The molecule has 0 radical (unpaired) electrons. The van der Waals surface area contributed by atoms with Gasteiger partial charge in [0.05, 0.1) is 12.6 Å². The molecule has 1 aromatic heterocycles. The van der Waals surface area contributed by atoms with E-state index in [1.165, 1.54) is 0 Å². The molecular weight excluding hydrogens is 318 g/mol. The Labute approximate surface area is 138 Å². The molecule has 7 heteroatoms. The van der Waals surface area contributed by atoms with Crippen molar-refractivity contribution >= 4 is 5.91 Å². The van der Waals surface area contributed by atoms with Crippen LogP contribution in [-0.4, -0.2) is 53.1 Å². The number of nitrogens with zero attached hydrogens (tertiary/aromatic N) is 2. The SMILES string of the molecule is O=C(C1CC(F)(F)C1)N1C[C@H](Oc2ccccn2)[C@H]2OCCC[C@H]21. The molecule has 1 aromatic rings. The number of carbonyl (C=O) groups is 1. The Balaban J connectivity index is 1.48. The van der Waals surface area contributed by atoms with Crippen molar-refractivity contribution in [1.82, 2.24) is 9.88 Å². The summed E-state index contributed by atoms with van der Waals surface area (Å²) >= 11 is 0. The lowest BCUT2D eigenvalue weighted by atomic mass is 9.80. The molecule has 0 bridgehead atoms. The lowest BCUT2D eigenvalue weighted by molar-refractivity contribution is -0.162. The molecule has 5 nitrogen and oxygen atoms in total. The third-order valence-corrected chi connectivity index (χ3v) is 5.11. The molecule has 1 saturated carbocycles. The van der Waals surface area contributed by atoms with Crippen LogP contribution in [0, 0.1) is 5.92 Å².